The van der Waals surface area contributed by atoms with Crippen LogP contribution in [0.25, 0.3) is 66.4 Å². The predicted molar refractivity (Wildman–Crippen MR) is 210 cm³/mol. The third-order valence-corrected chi connectivity index (χ3v) is 9.47. The number of rotatable bonds is 7. The number of furan rings is 1. The monoisotopic (exact) mass is 639 g/mol. The van der Waals surface area contributed by atoms with Gasteiger partial charge in [0.25, 0.3) is 0 Å². The fourth-order valence-corrected chi connectivity index (χ4v) is 6.96. The van der Waals surface area contributed by atoms with Gasteiger partial charge in [0, 0.05) is 33.4 Å². The molecule has 0 aliphatic carbocycles. The van der Waals surface area contributed by atoms with Crippen molar-refractivity contribution >= 4 is 39.0 Å². The molecule has 0 saturated carbocycles. The van der Waals surface area contributed by atoms with Crippen LogP contribution >= 0.6 is 0 Å². The largest absolute Gasteiger partial charge is 0.455 e. The quantitative estimate of drug-likeness (QED) is 0.173. The highest BCUT2D eigenvalue weighted by atomic mass is 16.3. The van der Waals surface area contributed by atoms with Crippen LogP contribution in [-0.2, 0) is 0 Å². The molecule has 0 unspecified atom stereocenters. The van der Waals surface area contributed by atoms with Crippen LogP contribution in [0.3, 0.4) is 0 Å². The molecule has 9 rings (SSSR count). The SMILES string of the molecule is c1ccc(-c2ccc(-c3cc(N(c4ccc(-c5ccccc5)cc4)c4cccc(-c5ccccc5)c4)cc4c3oc3ccccc34)cc2)cc1. The lowest BCUT2D eigenvalue weighted by Gasteiger charge is -2.27. The summed E-state index contributed by atoms with van der Waals surface area (Å²) >= 11 is 0. The molecule has 0 N–H and O–H groups in total. The molecule has 0 radical (unpaired) electrons. The van der Waals surface area contributed by atoms with Crippen LogP contribution in [0, 0.1) is 0 Å². The zero-order valence-corrected chi connectivity index (χ0v) is 27.4. The standard InChI is InChI=1S/C48H33NO/c1-4-13-34(14-5-1)37-23-25-39(26-24-37)45-32-43(33-46-44-21-10-11-22-47(44)50-48(45)46)49(41-29-27-38(28-30-41)35-15-6-2-7-16-35)42-20-12-19-40(31-42)36-17-8-3-9-18-36/h1-33H. The molecule has 8 aromatic carbocycles. The lowest BCUT2D eigenvalue weighted by atomic mass is 9.97. The van der Waals surface area contributed by atoms with Crippen LogP contribution in [0.2, 0.25) is 0 Å². The van der Waals surface area contributed by atoms with Gasteiger partial charge in [-0.1, -0.05) is 158 Å². The Morgan fingerprint density at radius 3 is 1.44 bits per heavy atom. The maximum Gasteiger partial charge on any atom is 0.143 e. The van der Waals surface area contributed by atoms with Crippen LogP contribution < -0.4 is 4.90 Å². The summed E-state index contributed by atoms with van der Waals surface area (Å²) in [6.07, 6.45) is 0. The summed E-state index contributed by atoms with van der Waals surface area (Å²) in [5.41, 5.74) is 14.3. The Balaban J connectivity index is 1.25. The van der Waals surface area contributed by atoms with Crippen LogP contribution in [-0.4, -0.2) is 0 Å². The first-order valence-corrected chi connectivity index (χ1v) is 17.0. The minimum absolute atomic E-state index is 0.881. The van der Waals surface area contributed by atoms with Gasteiger partial charge < -0.3 is 9.32 Å². The second kappa shape index (κ2) is 12.8. The molecule has 1 heterocycles. The maximum atomic E-state index is 6.62. The molecule has 1 aromatic heterocycles. The van der Waals surface area contributed by atoms with E-state index in [2.05, 4.69) is 199 Å². The van der Waals surface area contributed by atoms with E-state index in [4.69, 9.17) is 4.42 Å². The molecular weight excluding hydrogens is 607 g/mol. The fraction of sp³-hybridized carbons (Fsp3) is 0. The average Bonchev–Trinajstić information content (AvgIpc) is 3.58. The number of para-hydroxylation sites is 1. The predicted octanol–water partition coefficient (Wildman–Crippen LogP) is 13.7. The Morgan fingerprint density at radius 2 is 0.800 bits per heavy atom. The van der Waals surface area contributed by atoms with Gasteiger partial charge in [-0.3, -0.25) is 0 Å². The van der Waals surface area contributed by atoms with Crippen molar-refractivity contribution in [1.82, 2.24) is 0 Å². The number of hydrogen-bond acceptors (Lipinski definition) is 2. The van der Waals surface area contributed by atoms with Gasteiger partial charge in [-0.15, -0.1) is 0 Å². The van der Waals surface area contributed by atoms with Gasteiger partial charge in [0.15, 0.2) is 0 Å². The number of benzene rings is 8. The molecule has 0 atom stereocenters. The van der Waals surface area contributed by atoms with Crippen molar-refractivity contribution in [3.63, 3.8) is 0 Å². The van der Waals surface area contributed by atoms with Crippen molar-refractivity contribution in [2.75, 3.05) is 4.90 Å². The molecule has 0 fully saturated rings. The summed E-state index contributed by atoms with van der Waals surface area (Å²) in [4.78, 5) is 2.37. The lowest BCUT2D eigenvalue weighted by molar-refractivity contribution is 0.670. The molecule has 0 amide bonds. The minimum atomic E-state index is 0.881. The van der Waals surface area contributed by atoms with Crippen LogP contribution in [0.15, 0.2) is 205 Å². The molecule has 0 spiro atoms. The van der Waals surface area contributed by atoms with E-state index < -0.39 is 0 Å². The smallest absolute Gasteiger partial charge is 0.143 e. The van der Waals surface area contributed by atoms with E-state index in [9.17, 15) is 0 Å². The third kappa shape index (κ3) is 5.53. The first-order chi connectivity index (χ1) is 24.8. The average molecular weight is 640 g/mol. The summed E-state index contributed by atoms with van der Waals surface area (Å²) < 4.78 is 6.62. The van der Waals surface area contributed by atoms with Gasteiger partial charge in [-0.25, -0.2) is 0 Å². The topological polar surface area (TPSA) is 16.4 Å². The van der Waals surface area contributed by atoms with Crippen molar-refractivity contribution in [2.45, 2.75) is 0 Å². The fourth-order valence-electron chi connectivity index (χ4n) is 6.96. The zero-order valence-electron chi connectivity index (χ0n) is 27.4. The van der Waals surface area contributed by atoms with E-state index in [0.717, 1.165) is 50.1 Å². The van der Waals surface area contributed by atoms with Gasteiger partial charge in [-0.2, -0.15) is 0 Å². The molecule has 9 aromatic rings. The second-order valence-electron chi connectivity index (χ2n) is 12.6. The van der Waals surface area contributed by atoms with Crippen LogP contribution in [0.1, 0.15) is 0 Å². The highest BCUT2D eigenvalue weighted by molar-refractivity contribution is 6.11. The van der Waals surface area contributed by atoms with E-state index >= 15 is 0 Å². The second-order valence-corrected chi connectivity index (χ2v) is 12.6. The Kier molecular flexibility index (Phi) is 7.53. The number of nitrogens with zero attached hydrogens (tertiary/aromatic N) is 1. The van der Waals surface area contributed by atoms with Crippen molar-refractivity contribution in [3.05, 3.63) is 200 Å². The summed E-state index contributed by atoms with van der Waals surface area (Å²) in [6, 6.07) is 71.1. The number of hydrogen-bond donors (Lipinski definition) is 0. The molecule has 2 nitrogen and oxygen atoms in total. The van der Waals surface area contributed by atoms with Crippen LogP contribution in [0.4, 0.5) is 17.1 Å². The molecule has 0 aliphatic rings. The van der Waals surface area contributed by atoms with Crippen LogP contribution in [0.5, 0.6) is 0 Å². The first kappa shape index (κ1) is 29.5. The number of anilines is 3. The van der Waals surface area contributed by atoms with E-state index in [1.165, 1.54) is 33.4 Å². The molecule has 50 heavy (non-hydrogen) atoms. The van der Waals surface area contributed by atoms with Gasteiger partial charge in [0.05, 0.1) is 0 Å². The van der Waals surface area contributed by atoms with Gasteiger partial charge in [-0.05, 0) is 81.4 Å². The highest BCUT2D eigenvalue weighted by Crippen LogP contribution is 2.44. The van der Waals surface area contributed by atoms with Crippen molar-refractivity contribution in [1.29, 1.82) is 0 Å². The summed E-state index contributed by atoms with van der Waals surface area (Å²) in [5, 5.41) is 2.19. The Bertz CT molecular complexity index is 2550. The third-order valence-electron chi connectivity index (χ3n) is 9.47. The van der Waals surface area contributed by atoms with Gasteiger partial charge in [0.2, 0.25) is 0 Å². The zero-order chi connectivity index (χ0) is 33.3. The van der Waals surface area contributed by atoms with E-state index in [1.54, 1.807) is 0 Å². The summed E-state index contributed by atoms with van der Waals surface area (Å²) in [5.74, 6) is 0. The van der Waals surface area contributed by atoms with E-state index in [-0.39, 0.29) is 0 Å². The molecular formula is C48H33NO. The Labute approximate surface area is 292 Å². The summed E-state index contributed by atoms with van der Waals surface area (Å²) in [7, 11) is 0. The van der Waals surface area contributed by atoms with Crippen molar-refractivity contribution in [3.8, 4) is 44.5 Å². The van der Waals surface area contributed by atoms with Crippen molar-refractivity contribution in [2.24, 2.45) is 0 Å². The molecule has 0 saturated heterocycles. The normalized spacial score (nSPS) is 11.2. The lowest BCUT2D eigenvalue weighted by Crippen LogP contribution is -2.10. The van der Waals surface area contributed by atoms with E-state index in [1.807, 2.05) is 6.07 Å². The number of fused-ring (bicyclic) bond motifs is 3. The molecule has 0 aliphatic heterocycles. The van der Waals surface area contributed by atoms with Crippen molar-refractivity contribution < 1.29 is 4.42 Å². The first-order valence-electron chi connectivity index (χ1n) is 17.0. The Hall–Kier alpha value is -6.64. The molecule has 2 heteroatoms. The molecule has 0 bridgehead atoms. The maximum absolute atomic E-state index is 6.62. The molecule has 236 valence electrons. The van der Waals surface area contributed by atoms with E-state index in [0.29, 0.717) is 0 Å². The minimum Gasteiger partial charge on any atom is -0.455 e. The highest BCUT2D eigenvalue weighted by Gasteiger charge is 2.20. The summed E-state index contributed by atoms with van der Waals surface area (Å²) in [6.45, 7) is 0. The van der Waals surface area contributed by atoms with Gasteiger partial charge in [0.1, 0.15) is 11.2 Å². The van der Waals surface area contributed by atoms with Gasteiger partial charge >= 0.3 is 0 Å². The Morgan fingerprint density at radius 1 is 0.300 bits per heavy atom.